The zero-order valence-electron chi connectivity index (χ0n) is 15.6. The molecule has 3 rings (SSSR count). The van der Waals surface area contributed by atoms with Gasteiger partial charge in [0.25, 0.3) is 0 Å². The first-order chi connectivity index (χ1) is 13.2. The van der Waals surface area contributed by atoms with E-state index in [2.05, 4.69) is 0 Å². The molecule has 0 bridgehead atoms. The van der Waals surface area contributed by atoms with Gasteiger partial charge < -0.3 is 14.4 Å². The van der Waals surface area contributed by atoms with Crippen LogP contribution in [0.1, 0.15) is 35.7 Å². The zero-order valence-corrected chi connectivity index (χ0v) is 15.6. The van der Waals surface area contributed by atoms with Crippen molar-refractivity contribution in [3.63, 3.8) is 0 Å². The number of hydrogen-bond acceptors (Lipinski definition) is 4. The molecule has 2 aromatic rings. The van der Waals surface area contributed by atoms with E-state index in [-0.39, 0.29) is 24.6 Å². The summed E-state index contributed by atoms with van der Waals surface area (Å²) in [5, 5.41) is 0. The molecule has 1 saturated heterocycles. The van der Waals surface area contributed by atoms with Crippen molar-refractivity contribution in [1.82, 2.24) is 4.90 Å². The number of ether oxygens (including phenoxy) is 2. The van der Waals surface area contributed by atoms with Crippen LogP contribution >= 0.6 is 0 Å². The number of carbonyl (C=O) groups is 2. The smallest absolute Gasteiger partial charge is 0.410 e. The van der Waals surface area contributed by atoms with Gasteiger partial charge in [0.05, 0.1) is 12.1 Å². The Morgan fingerprint density at radius 1 is 1.15 bits per heavy atom. The second-order valence-electron chi connectivity index (χ2n) is 6.67. The summed E-state index contributed by atoms with van der Waals surface area (Å²) in [6.07, 6.45) is 1.41. The van der Waals surface area contributed by atoms with Crippen molar-refractivity contribution in [1.29, 1.82) is 0 Å². The van der Waals surface area contributed by atoms with Gasteiger partial charge in [0.2, 0.25) is 0 Å². The van der Waals surface area contributed by atoms with Crippen LogP contribution in [-0.4, -0.2) is 42.6 Å². The molecule has 0 saturated carbocycles. The van der Waals surface area contributed by atoms with Crippen LogP contribution in [0.15, 0.2) is 54.6 Å². The molecule has 1 fully saturated rings. The Bertz CT molecular complexity index is 775. The molecule has 5 heteroatoms. The number of carbonyl (C=O) groups excluding carboxylic acids is 2. The molecule has 1 aliphatic rings. The van der Waals surface area contributed by atoms with Gasteiger partial charge in [0, 0.05) is 13.0 Å². The number of amides is 1. The van der Waals surface area contributed by atoms with Crippen LogP contribution in [0.4, 0.5) is 4.79 Å². The van der Waals surface area contributed by atoms with Crippen molar-refractivity contribution >= 4 is 11.9 Å². The molecule has 5 nitrogen and oxygen atoms in total. The molecule has 0 aliphatic carbocycles. The number of ketones is 1. The number of aryl methyl sites for hydroxylation is 1. The van der Waals surface area contributed by atoms with Gasteiger partial charge in [-0.2, -0.15) is 0 Å². The van der Waals surface area contributed by atoms with E-state index in [9.17, 15) is 9.59 Å². The van der Waals surface area contributed by atoms with Crippen molar-refractivity contribution in [2.75, 3.05) is 19.7 Å². The largest absolute Gasteiger partial charge is 0.489 e. The van der Waals surface area contributed by atoms with Crippen molar-refractivity contribution in [3.05, 3.63) is 65.7 Å². The van der Waals surface area contributed by atoms with E-state index < -0.39 is 0 Å². The fourth-order valence-corrected chi connectivity index (χ4v) is 3.16. The van der Waals surface area contributed by atoms with Gasteiger partial charge in [-0.1, -0.05) is 49.4 Å². The highest BCUT2D eigenvalue weighted by Crippen LogP contribution is 2.22. The van der Waals surface area contributed by atoms with E-state index in [1.165, 1.54) is 0 Å². The number of benzene rings is 2. The van der Waals surface area contributed by atoms with Crippen molar-refractivity contribution < 1.29 is 19.1 Å². The average Bonchev–Trinajstić information content (AvgIpc) is 3.05. The Balaban J connectivity index is 1.57. The molecule has 0 N–H and O–H groups in total. The minimum absolute atomic E-state index is 0.0467. The maximum Gasteiger partial charge on any atom is 0.410 e. The summed E-state index contributed by atoms with van der Waals surface area (Å²) in [6.45, 7) is 3.48. The van der Waals surface area contributed by atoms with Gasteiger partial charge >= 0.3 is 6.09 Å². The first-order valence-electron chi connectivity index (χ1n) is 9.42. The van der Waals surface area contributed by atoms with Crippen LogP contribution in [-0.2, 0) is 11.2 Å². The lowest BCUT2D eigenvalue weighted by atomic mass is 10.0. The summed E-state index contributed by atoms with van der Waals surface area (Å²) in [6, 6.07) is 17.2. The zero-order chi connectivity index (χ0) is 19.1. The Kier molecular flexibility index (Phi) is 6.47. The summed E-state index contributed by atoms with van der Waals surface area (Å²) in [5.74, 6) is 0.589. The van der Waals surface area contributed by atoms with E-state index in [4.69, 9.17) is 9.47 Å². The lowest BCUT2D eigenvalue weighted by Gasteiger charge is -2.14. The van der Waals surface area contributed by atoms with Crippen molar-refractivity contribution in [3.8, 4) is 5.75 Å². The third-order valence-electron chi connectivity index (χ3n) is 4.54. The summed E-state index contributed by atoms with van der Waals surface area (Å²) in [5.41, 5.74) is 1.71. The maximum atomic E-state index is 12.7. The fourth-order valence-electron chi connectivity index (χ4n) is 3.16. The van der Waals surface area contributed by atoms with Gasteiger partial charge in [0.15, 0.2) is 11.9 Å². The molecule has 1 heterocycles. The van der Waals surface area contributed by atoms with E-state index in [1.54, 1.807) is 17.0 Å². The van der Waals surface area contributed by atoms with Crippen molar-refractivity contribution in [2.24, 2.45) is 0 Å². The SMILES string of the molecule is CCCN1CC(COc2ccccc2C(=O)CCc2ccccc2)OC1=O. The Hall–Kier alpha value is -2.82. The van der Waals surface area contributed by atoms with Gasteiger partial charge in [-0.25, -0.2) is 4.79 Å². The van der Waals surface area contributed by atoms with Gasteiger partial charge in [-0.3, -0.25) is 4.79 Å². The summed E-state index contributed by atoms with van der Waals surface area (Å²) >= 11 is 0. The molecule has 27 heavy (non-hydrogen) atoms. The minimum atomic E-state index is -0.309. The van der Waals surface area contributed by atoms with Gasteiger partial charge in [-0.05, 0) is 30.5 Å². The first-order valence-corrected chi connectivity index (χ1v) is 9.42. The molecule has 142 valence electrons. The molecule has 0 aromatic heterocycles. The Labute approximate surface area is 159 Å². The molecule has 0 spiro atoms. The lowest BCUT2D eigenvalue weighted by molar-refractivity contribution is 0.0947. The van der Waals surface area contributed by atoms with Gasteiger partial charge in [0.1, 0.15) is 12.4 Å². The third kappa shape index (κ3) is 5.09. The topological polar surface area (TPSA) is 55.8 Å². The quantitative estimate of drug-likeness (QED) is 0.626. The third-order valence-corrected chi connectivity index (χ3v) is 4.54. The fraction of sp³-hybridized carbons (Fsp3) is 0.364. The van der Waals surface area contributed by atoms with E-state index >= 15 is 0 Å². The summed E-state index contributed by atoms with van der Waals surface area (Å²) < 4.78 is 11.2. The van der Waals surface area contributed by atoms with Gasteiger partial charge in [-0.15, -0.1) is 0 Å². The molecule has 2 aromatic carbocycles. The standard InChI is InChI=1S/C22H25NO4/c1-2-14-23-15-18(27-22(23)25)16-26-21-11-7-6-10-19(21)20(24)13-12-17-8-4-3-5-9-17/h3-11,18H,2,12-16H2,1H3. The number of hydrogen-bond donors (Lipinski definition) is 0. The monoisotopic (exact) mass is 367 g/mol. The second kappa shape index (κ2) is 9.21. The van der Waals surface area contributed by atoms with E-state index in [0.29, 0.717) is 37.2 Å². The molecule has 1 aliphatic heterocycles. The average molecular weight is 367 g/mol. The normalized spacial score (nSPS) is 16.3. The number of nitrogens with zero attached hydrogens (tertiary/aromatic N) is 1. The number of Topliss-reactive ketones (excluding diaryl/α,β-unsaturated/α-hetero) is 1. The highest BCUT2D eigenvalue weighted by Gasteiger charge is 2.31. The van der Waals surface area contributed by atoms with Crippen LogP contribution in [0.3, 0.4) is 0 Å². The predicted molar refractivity (Wildman–Crippen MR) is 103 cm³/mol. The van der Waals surface area contributed by atoms with E-state index in [1.807, 2.05) is 49.4 Å². The van der Waals surface area contributed by atoms with E-state index in [0.717, 1.165) is 12.0 Å². The van der Waals surface area contributed by atoms with Crippen LogP contribution in [0.25, 0.3) is 0 Å². The summed E-state index contributed by atoms with van der Waals surface area (Å²) in [7, 11) is 0. The molecular weight excluding hydrogens is 342 g/mol. The molecule has 0 radical (unpaired) electrons. The number of cyclic esters (lactones) is 1. The van der Waals surface area contributed by atoms with Crippen LogP contribution < -0.4 is 4.74 Å². The Morgan fingerprint density at radius 3 is 2.67 bits per heavy atom. The molecule has 1 amide bonds. The number of para-hydroxylation sites is 1. The lowest BCUT2D eigenvalue weighted by Crippen LogP contribution is -2.27. The second-order valence-corrected chi connectivity index (χ2v) is 6.67. The van der Waals surface area contributed by atoms with Crippen LogP contribution in [0.2, 0.25) is 0 Å². The molecule has 1 unspecified atom stereocenters. The highest BCUT2D eigenvalue weighted by atomic mass is 16.6. The number of rotatable bonds is 9. The molecular formula is C22H25NO4. The summed E-state index contributed by atoms with van der Waals surface area (Å²) in [4.78, 5) is 26.1. The molecule has 1 atom stereocenters. The van der Waals surface area contributed by atoms with Crippen LogP contribution in [0.5, 0.6) is 5.75 Å². The minimum Gasteiger partial charge on any atom is -0.489 e. The first kappa shape index (κ1) is 19.0. The predicted octanol–water partition coefficient (Wildman–Crippen LogP) is 4.11. The van der Waals surface area contributed by atoms with Crippen molar-refractivity contribution in [2.45, 2.75) is 32.3 Å². The maximum absolute atomic E-state index is 12.7. The highest BCUT2D eigenvalue weighted by molar-refractivity contribution is 5.98. The van der Waals surface area contributed by atoms with Crippen LogP contribution in [0, 0.1) is 0 Å². The Morgan fingerprint density at radius 2 is 1.89 bits per heavy atom.